The molecule has 0 spiro atoms. The van der Waals surface area contributed by atoms with Crippen LogP contribution in [0.5, 0.6) is 0 Å². The normalized spacial score (nSPS) is 10.1. The fraction of sp³-hybridized carbons (Fsp3) is 0.947. The first-order valence-corrected chi connectivity index (χ1v) is 9.88. The molecule has 0 bridgehead atoms. The van der Waals surface area contributed by atoms with Crippen LogP contribution in [-0.2, 0) is 4.79 Å². The maximum Gasteiger partial charge on any atom is 0.303 e. The molecule has 0 saturated carbocycles. The molecule has 0 amide bonds. The van der Waals surface area contributed by atoms with Crippen LogP contribution in [0.3, 0.4) is 0 Å². The number of carboxylic acid groups (broad SMARTS) is 1. The van der Waals surface area contributed by atoms with E-state index >= 15 is 0 Å². The predicted molar refractivity (Wildman–Crippen MR) is 100 cm³/mol. The summed E-state index contributed by atoms with van der Waals surface area (Å²) in [5, 5.41) is 18.3. The van der Waals surface area contributed by atoms with Gasteiger partial charge in [-0.1, -0.05) is 84.5 Å². The van der Waals surface area contributed by atoms with Gasteiger partial charge in [0.1, 0.15) is 0 Å². The average molecular weight is 346 g/mol. The Hall–Kier alpha value is -1.13. The molecule has 0 aromatic carbocycles. The number of carboxylic acids is 1. The van der Waals surface area contributed by atoms with Crippen LogP contribution >= 0.6 is 0 Å². The van der Waals surface area contributed by atoms with E-state index in [2.05, 4.69) is 13.8 Å². The number of aliphatic carboxylic acids is 1. The first-order chi connectivity index (χ1) is 11.5. The van der Waals surface area contributed by atoms with E-state index in [-0.39, 0.29) is 11.5 Å². The van der Waals surface area contributed by atoms with E-state index in [9.17, 15) is 14.9 Å². The quantitative estimate of drug-likeness (QED) is 0.204. The van der Waals surface area contributed by atoms with Crippen LogP contribution < -0.4 is 0 Å². The van der Waals surface area contributed by atoms with Crippen molar-refractivity contribution in [2.45, 2.75) is 110 Å². The van der Waals surface area contributed by atoms with Crippen LogP contribution in [0.15, 0.2) is 0 Å². The van der Waals surface area contributed by atoms with Gasteiger partial charge in [0, 0.05) is 17.8 Å². The Morgan fingerprint density at radius 2 is 1.12 bits per heavy atom. The van der Waals surface area contributed by atoms with Crippen LogP contribution in [0.25, 0.3) is 0 Å². The summed E-state index contributed by atoms with van der Waals surface area (Å²) in [4.78, 5) is 19.8. The molecule has 5 nitrogen and oxygen atoms in total. The number of carbonyl (C=O) groups is 1. The van der Waals surface area contributed by atoms with Crippen LogP contribution in [-0.4, -0.2) is 22.5 Å². The largest absolute Gasteiger partial charge is 0.481 e. The minimum atomic E-state index is -0.659. The molecule has 1 N–H and O–H groups in total. The lowest BCUT2D eigenvalue weighted by Gasteiger charge is -2.00. The van der Waals surface area contributed by atoms with E-state index in [1.54, 1.807) is 0 Å². The Labute approximate surface area is 148 Å². The molecular weight excluding hydrogens is 306 g/mol. The molecule has 0 fully saturated rings. The highest BCUT2D eigenvalue weighted by molar-refractivity contribution is 5.66. The summed E-state index contributed by atoms with van der Waals surface area (Å²) in [7, 11) is 0. The molecule has 0 unspecified atom stereocenters. The van der Waals surface area contributed by atoms with Gasteiger partial charge in [-0.15, -0.1) is 0 Å². The first-order valence-electron chi connectivity index (χ1n) is 9.88. The molecular formula is C19H39NO4. The summed E-state index contributed by atoms with van der Waals surface area (Å²) >= 11 is 0. The Balaban J connectivity index is 0. The number of rotatable bonds is 16. The number of unbranched alkanes of at least 4 members (excludes halogenated alkanes) is 12. The molecule has 0 aliphatic carbocycles. The van der Waals surface area contributed by atoms with Crippen molar-refractivity contribution in [3.8, 4) is 0 Å². The molecule has 0 rings (SSSR count). The molecule has 0 aromatic rings. The van der Waals surface area contributed by atoms with E-state index in [1.807, 2.05) is 0 Å². The second kappa shape index (κ2) is 21.9. The smallest absolute Gasteiger partial charge is 0.303 e. The van der Waals surface area contributed by atoms with Gasteiger partial charge in [-0.3, -0.25) is 14.9 Å². The SMILES string of the molecule is CCCCCCCCCCCC(=O)O.CCCCCCC[N+](=O)[O-]. The minimum Gasteiger partial charge on any atom is -0.481 e. The minimum absolute atomic E-state index is 0.143. The molecule has 24 heavy (non-hydrogen) atoms. The molecule has 0 aliphatic rings. The lowest BCUT2D eigenvalue weighted by Crippen LogP contribution is -1.99. The molecule has 0 aliphatic heterocycles. The van der Waals surface area contributed by atoms with Crippen molar-refractivity contribution in [1.29, 1.82) is 0 Å². The zero-order chi connectivity index (χ0) is 18.5. The van der Waals surface area contributed by atoms with Crippen LogP contribution in [0, 0.1) is 10.1 Å². The van der Waals surface area contributed by atoms with Gasteiger partial charge in [0.15, 0.2) is 0 Å². The molecule has 0 atom stereocenters. The van der Waals surface area contributed by atoms with E-state index in [0.29, 0.717) is 6.42 Å². The summed E-state index contributed by atoms with van der Waals surface area (Å²) < 4.78 is 0. The van der Waals surface area contributed by atoms with E-state index in [0.717, 1.165) is 32.1 Å². The lowest BCUT2D eigenvalue weighted by molar-refractivity contribution is -0.480. The second-order valence-electron chi connectivity index (χ2n) is 6.44. The number of hydrogen-bond acceptors (Lipinski definition) is 3. The zero-order valence-electron chi connectivity index (χ0n) is 15.9. The van der Waals surface area contributed by atoms with Crippen molar-refractivity contribution in [3.05, 3.63) is 10.1 Å². The van der Waals surface area contributed by atoms with Gasteiger partial charge in [0.05, 0.1) is 0 Å². The van der Waals surface area contributed by atoms with Gasteiger partial charge in [-0.25, -0.2) is 0 Å². The predicted octanol–water partition coefficient (Wildman–Crippen LogP) is 6.23. The standard InChI is InChI=1S/C12H24O2.C7H15NO2/c1-2-3-4-5-6-7-8-9-10-11-12(13)14;1-2-3-4-5-6-7-8(9)10/h2-11H2,1H3,(H,13,14);2-7H2,1H3. The molecule has 144 valence electrons. The number of nitro groups is 1. The average Bonchev–Trinajstić information content (AvgIpc) is 2.53. The molecule has 5 heteroatoms. The van der Waals surface area contributed by atoms with E-state index < -0.39 is 5.97 Å². The maximum atomic E-state index is 10.2. The third kappa shape index (κ3) is 29.0. The van der Waals surface area contributed by atoms with Gasteiger partial charge in [-0.05, 0) is 12.8 Å². The Kier molecular flexibility index (Phi) is 22.9. The summed E-state index contributed by atoms with van der Waals surface area (Å²) in [6, 6.07) is 0. The monoisotopic (exact) mass is 345 g/mol. The molecule has 0 aromatic heterocycles. The Morgan fingerprint density at radius 1 is 0.750 bits per heavy atom. The third-order valence-corrected chi connectivity index (χ3v) is 3.94. The van der Waals surface area contributed by atoms with Crippen LogP contribution in [0.4, 0.5) is 0 Å². The highest BCUT2D eigenvalue weighted by atomic mass is 16.6. The molecule has 0 saturated heterocycles. The van der Waals surface area contributed by atoms with E-state index in [1.165, 1.54) is 57.8 Å². The highest BCUT2D eigenvalue weighted by Gasteiger charge is 1.96. The summed E-state index contributed by atoms with van der Waals surface area (Å²) in [6.07, 6.45) is 16.8. The number of nitrogens with zero attached hydrogens (tertiary/aromatic N) is 1. The topological polar surface area (TPSA) is 80.4 Å². The van der Waals surface area contributed by atoms with E-state index in [4.69, 9.17) is 5.11 Å². The van der Waals surface area contributed by atoms with Gasteiger partial charge < -0.3 is 5.11 Å². The maximum absolute atomic E-state index is 10.2. The zero-order valence-corrected chi connectivity index (χ0v) is 15.9. The highest BCUT2D eigenvalue weighted by Crippen LogP contribution is 2.10. The summed E-state index contributed by atoms with van der Waals surface area (Å²) in [5.41, 5.74) is 0. The lowest BCUT2D eigenvalue weighted by atomic mass is 10.1. The van der Waals surface area contributed by atoms with Crippen molar-refractivity contribution >= 4 is 5.97 Å². The number of hydrogen-bond donors (Lipinski definition) is 1. The van der Waals surface area contributed by atoms with Crippen LogP contribution in [0.2, 0.25) is 0 Å². The second-order valence-corrected chi connectivity index (χ2v) is 6.44. The van der Waals surface area contributed by atoms with Gasteiger partial charge in [0.2, 0.25) is 6.54 Å². The van der Waals surface area contributed by atoms with Crippen molar-refractivity contribution in [3.63, 3.8) is 0 Å². The molecule has 0 radical (unpaired) electrons. The van der Waals surface area contributed by atoms with Crippen LogP contribution in [0.1, 0.15) is 110 Å². The molecule has 0 heterocycles. The van der Waals surface area contributed by atoms with Crippen molar-refractivity contribution in [2.24, 2.45) is 0 Å². The third-order valence-electron chi connectivity index (χ3n) is 3.94. The fourth-order valence-corrected chi connectivity index (χ4v) is 2.43. The summed E-state index contributed by atoms with van der Waals surface area (Å²) in [6.45, 7) is 4.50. The fourth-order valence-electron chi connectivity index (χ4n) is 2.43. The van der Waals surface area contributed by atoms with Crippen molar-refractivity contribution in [1.82, 2.24) is 0 Å². The Morgan fingerprint density at radius 3 is 1.50 bits per heavy atom. The summed E-state index contributed by atoms with van der Waals surface area (Å²) in [5.74, 6) is -0.659. The Bertz CT molecular complexity index is 283. The van der Waals surface area contributed by atoms with Gasteiger partial charge >= 0.3 is 5.97 Å². The van der Waals surface area contributed by atoms with Crippen molar-refractivity contribution in [2.75, 3.05) is 6.54 Å². The van der Waals surface area contributed by atoms with Crippen molar-refractivity contribution < 1.29 is 14.8 Å². The van der Waals surface area contributed by atoms with Gasteiger partial charge in [0.25, 0.3) is 0 Å². The first kappa shape index (κ1) is 25.1. The van der Waals surface area contributed by atoms with Gasteiger partial charge in [-0.2, -0.15) is 0 Å².